The summed E-state index contributed by atoms with van der Waals surface area (Å²) in [6.07, 6.45) is 5.86. The van der Waals surface area contributed by atoms with E-state index in [2.05, 4.69) is 163 Å². The molecule has 0 aliphatic carbocycles. The normalized spacial score (nSPS) is 11.8. The molecule has 0 saturated heterocycles. The zero-order valence-electron chi connectivity index (χ0n) is 25.7. The predicted molar refractivity (Wildman–Crippen MR) is 196 cm³/mol. The topological polar surface area (TPSA) is 17.8 Å². The van der Waals surface area contributed by atoms with E-state index in [1.807, 2.05) is 19.2 Å². The highest BCUT2D eigenvalue weighted by Crippen LogP contribution is 2.39. The summed E-state index contributed by atoms with van der Waals surface area (Å²) in [4.78, 5) is 4.80. The predicted octanol–water partition coefficient (Wildman–Crippen LogP) is 11.9. The van der Waals surface area contributed by atoms with Gasteiger partial charge in [-0.3, -0.25) is 4.98 Å². The minimum Gasteiger partial charge on any atom is -0.309 e. The van der Waals surface area contributed by atoms with E-state index in [9.17, 15) is 0 Å². The number of allylic oxidation sites excluding steroid dienone is 3. The van der Waals surface area contributed by atoms with Crippen LogP contribution < -0.4 is 0 Å². The molecule has 8 aromatic rings. The highest BCUT2D eigenvalue weighted by Gasteiger charge is 2.17. The summed E-state index contributed by atoms with van der Waals surface area (Å²) in [5, 5.41) is 4.89. The third kappa shape index (κ3) is 4.72. The lowest BCUT2D eigenvalue weighted by Crippen LogP contribution is -1.94. The smallest absolute Gasteiger partial charge is 0.0702 e. The van der Waals surface area contributed by atoms with E-state index in [4.69, 9.17) is 4.98 Å². The first-order valence-electron chi connectivity index (χ1n) is 15.7. The van der Waals surface area contributed by atoms with E-state index < -0.39 is 0 Å². The van der Waals surface area contributed by atoms with Gasteiger partial charge in [0.25, 0.3) is 0 Å². The van der Waals surface area contributed by atoms with Gasteiger partial charge in [-0.1, -0.05) is 128 Å². The van der Waals surface area contributed by atoms with E-state index in [0.717, 1.165) is 28.1 Å². The Morgan fingerprint density at radius 1 is 0.587 bits per heavy atom. The quantitative estimate of drug-likeness (QED) is 0.177. The first-order valence-corrected chi connectivity index (χ1v) is 15.7. The molecular weight excluding hydrogens is 556 g/mol. The molecule has 0 radical (unpaired) electrons. The van der Waals surface area contributed by atoms with E-state index in [1.165, 1.54) is 54.8 Å². The van der Waals surface area contributed by atoms with Crippen molar-refractivity contribution >= 4 is 38.2 Å². The molecule has 2 aromatic heterocycles. The number of pyridine rings is 1. The molecule has 0 aliphatic heterocycles. The minimum atomic E-state index is 0.955. The molecule has 2 nitrogen and oxygen atoms in total. The highest BCUT2D eigenvalue weighted by molar-refractivity contribution is 6.19. The molecule has 8 rings (SSSR count). The Kier molecular flexibility index (Phi) is 6.89. The van der Waals surface area contributed by atoms with E-state index in [1.54, 1.807) is 0 Å². The van der Waals surface area contributed by atoms with Crippen LogP contribution in [-0.4, -0.2) is 9.55 Å². The summed E-state index contributed by atoms with van der Waals surface area (Å²) in [6.45, 7) is 5.95. The zero-order valence-corrected chi connectivity index (χ0v) is 25.7. The Hall–Kier alpha value is -5.99. The van der Waals surface area contributed by atoms with Crippen molar-refractivity contribution in [3.63, 3.8) is 0 Å². The molecule has 46 heavy (non-hydrogen) atoms. The molecule has 0 bridgehead atoms. The first-order chi connectivity index (χ1) is 22.7. The number of fused-ring (bicyclic) bond motifs is 5. The Morgan fingerprint density at radius 2 is 1.26 bits per heavy atom. The maximum Gasteiger partial charge on any atom is 0.0702 e. The van der Waals surface area contributed by atoms with Crippen molar-refractivity contribution in [2.45, 2.75) is 6.92 Å². The standard InChI is InChI=1S/C44H32N2/c1-3-30(4-2)37-21-25-42(45-29-37)36-20-22-39-35(27-36)19-24-41-40-23-18-34(28-43(40)46(44(39)41)38-16-9-6-10-17-38)33-15-11-14-32(26-33)31-12-7-5-8-13-31/h3-29H,1H2,2H3/b30-4+. The maximum atomic E-state index is 4.80. The van der Waals surface area contributed by atoms with Crippen LogP contribution in [0.2, 0.25) is 0 Å². The van der Waals surface area contributed by atoms with Gasteiger partial charge in [0, 0.05) is 33.6 Å². The second-order valence-corrected chi connectivity index (χ2v) is 11.6. The zero-order chi connectivity index (χ0) is 31.0. The molecule has 0 spiro atoms. The molecule has 218 valence electrons. The molecule has 2 heteroatoms. The number of aromatic nitrogens is 2. The fourth-order valence-corrected chi connectivity index (χ4v) is 6.67. The van der Waals surface area contributed by atoms with Crippen LogP contribution in [0.5, 0.6) is 0 Å². The first kappa shape index (κ1) is 27.6. The largest absolute Gasteiger partial charge is 0.309 e. The van der Waals surface area contributed by atoms with Crippen LogP contribution in [0.15, 0.2) is 171 Å². The number of hydrogen-bond donors (Lipinski definition) is 0. The molecule has 2 heterocycles. The average molecular weight is 589 g/mol. The van der Waals surface area contributed by atoms with Gasteiger partial charge in [0.2, 0.25) is 0 Å². The SMILES string of the molecule is C=C/C(=C\C)c1ccc(-c2ccc3c(ccc4c5ccc(-c6cccc(-c7ccccc7)c6)cc5n(-c5ccccc5)c34)c2)nc1. The lowest BCUT2D eigenvalue weighted by Gasteiger charge is -2.12. The molecule has 0 atom stereocenters. The van der Waals surface area contributed by atoms with Crippen LogP contribution in [0.3, 0.4) is 0 Å². The third-order valence-electron chi connectivity index (χ3n) is 8.98. The van der Waals surface area contributed by atoms with Crippen molar-refractivity contribution < 1.29 is 0 Å². The summed E-state index contributed by atoms with van der Waals surface area (Å²) in [5.74, 6) is 0. The van der Waals surface area contributed by atoms with Crippen LogP contribution in [0.1, 0.15) is 12.5 Å². The summed E-state index contributed by atoms with van der Waals surface area (Å²) < 4.78 is 2.43. The van der Waals surface area contributed by atoms with Gasteiger partial charge in [0.1, 0.15) is 0 Å². The van der Waals surface area contributed by atoms with Crippen LogP contribution in [0, 0.1) is 0 Å². The van der Waals surface area contributed by atoms with Gasteiger partial charge < -0.3 is 4.57 Å². The van der Waals surface area contributed by atoms with E-state index in [0.29, 0.717) is 0 Å². The molecular formula is C44H32N2. The van der Waals surface area contributed by atoms with Crippen molar-refractivity contribution in [1.29, 1.82) is 0 Å². The van der Waals surface area contributed by atoms with Crippen molar-refractivity contribution in [2.75, 3.05) is 0 Å². The Bertz CT molecular complexity index is 2410. The number of rotatable bonds is 6. The lowest BCUT2D eigenvalue weighted by atomic mass is 9.98. The fourth-order valence-electron chi connectivity index (χ4n) is 6.67. The number of nitrogens with zero attached hydrogens (tertiary/aromatic N) is 2. The molecule has 0 fully saturated rings. The minimum absolute atomic E-state index is 0.955. The molecule has 0 amide bonds. The average Bonchev–Trinajstić information content (AvgIpc) is 3.47. The van der Waals surface area contributed by atoms with Crippen molar-refractivity contribution in [3.8, 4) is 39.2 Å². The number of benzene rings is 6. The van der Waals surface area contributed by atoms with Gasteiger partial charge in [0.05, 0.1) is 16.7 Å². The van der Waals surface area contributed by atoms with Crippen LogP contribution in [0.25, 0.3) is 77.3 Å². The number of hydrogen-bond acceptors (Lipinski definition) is 1. The Morgan fingerprint density at radius 3 is 2.00 bits per heavy atom. The highest BCUT2D eigenvalue weighted by atomic mass is 15.0. The number of para-hydroxylation sites is 1. The van der Waals surface area contributed by atoms with Gasteiger partial charge in [-0.15, -0.1) is 0 Å². The van der Waals surface area contributed by atoms with Gasteiger partial charge in [0.15, 0.2) is 0 Å². The maximum absolute atomic E-state index is 4.80. The van der Waals surface area contributed by atoms with Gasteiger partial charge in [-0.05, 0) is 82.1 Å². The fraction of sp³-hybridized carbons (Fsp3) is 0.0227. The van der Waals surface area contributed by atoms with E-state index in [-0.39, 0.29) is 0 Å². The Labute approximate surface area is 269 Å². The van der Waals surface area contributed by atoms with Crippen LogP contribution in [-0.2, 0) is 0 Å². The van der Waals surface area contributed by atoms with Crippen LogP contribution in [0.4, 0.5) is 0 Å². The second kappa shape index (κ2) is 11.5. The molecule has 0 saturated carbocycles. The summed E-state index contributed by atoms with van der Waals surface area (Å²) >= 11 is 0. The third-order valence-corrected chi connectivity index (χ3v) is 8.98. The molecule has 6 aromatic carbocycles. The molecule has 0 N–H and O–H groups in total. The van der Waals surface area contributed by atoms with Gasteiger partial charge in [-0.2, -0.15) is 0 Å². The lowest BCUT2D eigenvalue weighted by molar-refractivity contribution is 1.19. The van der Waals surface area contributed by atoms with Crippen LogP contribution >= 0.6 is 0 Å². The monoisotopic (exact) mass is 588 g/mol. The van der Waals surface area contributed by atoms with Crippen molar-refractivity contribution in [2.24, 2.45) is 0 Å². The van der Waals surface area contributed by atoms with Crippen molar-refractivity contribution in [3.05, 3.63) is 176 Å². The Balaban J connectivity index is 1.30. The molecule has 0 unspecified atom stereocenters. The van der Waals surface area contributed by atoms with E-state index >= 15 is 0 Å². The second-order valence-electron chi connectivity index (χ2n) is 11.6. The van der Waals surface area contributed by atoms with Gasteiger partial charge >= 0.3 is 0 Å². The summed E-state index contributed by atoms with van der Waals surface area (Å²) in [7, 11) is 0. The summed E-state index contributed by atoms with van der Waals surface area (Å²) in [6, 6.07) is 52.5. The summed E-state index contributed by atoms with van der Waals surface area (Å²) in [5.41, 5.74) is 12.6. The van der Waals surface area contributed by atoms with Crippen molar-refractivity contribution in [1.82, 2.24) is 9.55 Å². The van der Waals surface area contributed by atoms with Gasteiger partial charge in [-0.25, -0.2) is 0 Å². The molecule has 0 aliphatic rings.